The summed E-state index contributed by atoms with van der Waals surface area (Å²) in [7, 11) is 0. The molecule has 52 heavy (non-hydrogen) atoms. The van der Waals surface area contributed by atoms with Crippen molar-refractivity contribution in [2.24, 2.45) is 0 Å². The maximum Gasteiger partial charge on any atom is 0.305 e. The second-order valence-corrected chi connectivity index (χ2v) is 13.6. The topological polar surface area (TPSA) is 88.1 Å². The second-order valence-electron chi connectivity index (χ2n) is 13.6. The van der Waals surface area contributed by atoms with Gasteiger partial charge in [-0.25, -0.2) is 0 Å². The molecule has 0 aliphatic carbocycles. The van der Waals surface area contributed by atoms with Crippen molar-refractivity contribution in [1.29, 1.82) is 0 Å². The van der Waals surface area contributed by atoms with E-state index in [0.29, 0.717) is 69.2 Å². The van der Waals surface area contributed by atoms with E-state index in [4.69, 9.17) is 18.9 Å². The van der Waals surface area contributed by atoms with Crippen molar-refractivity contribution in [3.63, 3.8) is 0 Å². The number of carbonyl (C=O) groups excluding carboxylic acids is 3. The zero-order valence-corrected chi connectivity index (χ0v) is 32.9. The Hall–Kier alpha value is -3.35. The average molecular weight is 725 g/mol. The number of rotatable bonds is 36. The lowest BCUT2D eigenvalue weighted by atomic mass is 10.1. The molecule has 0 spiro atoms. The van der Waals surface area contributed by atoms with E-state index in [1.54, 1.807) is 18.2 Å². The van der Waals surface area contributed by atoms with E-state index in [0.717, 1.165) is 83.3 Å². The molecule has 0 saturated carbocycles. The van der Waals surface area contributed by atoms with Crippen LogP contribution in [0.1, 0.15) is 178 Å². The summed E-state index contributed by atoms with van der Waals surface area (Å²) >= 11 is 0. The van der Waals surface area contributed by atoms with Crippen LogP contribution in [-0.2, 0) is 19.1 Å². The molecular formula is C45H72O7. The summed E-state index contributed by atoms with van der Waals surface area (Å²) in [6.07, 6.45) is 38.8. The van der Waals surface area contributed by atoms with Gasteiger partial charge in [-0.1, -0.05) is 102 Å². The predicted molar refractivity (Wildman–Crippen MR) is 214 cm³/mol. The normalized spacial score (nSPS) is 11.5. The fourth-order valence-corrected chi connectivity index (χ4v) is 5.50. The molecule has 0 saturated heterocycles. The van der Waals surface area contributed by atoms with Crippen LogP contribution in [0.2, 0.25) is 0 Å². The van der Waals surface area contributed by atoms with E-state index in [9.17, 15) is 14.4 Å². The molecule has 1 rings (SSSR count). The molecule has 1 aromatic rings. The summed E-state index contributed by atoms with van der Waals surface area (Å²) in [6.45, 7) is 6.10. The quantitative estimate of drug-likeness (QED) is 0.0294. The van der Waals surface area contributed by atoms with Crippen LogP contribution in [0.4, 0.5) is 0 Å². The van der Waals surface area contributed by atoms with Gasteiger partial charge in [-0.3, -0.25) is 14.4 Å². The number of aldehydes is 1. The van der Waals surface area contributed by atoms with Crippen LogP contribution >= 0.6 is 0 Å². The van der Waals surface area contributed by atoms with Crippen molar-refractivity contribution in [2.45, 2.75) is 168 Å². The SMILES string of the molecule is CCC/C=C\CCCCCCC(=O)OCCCCOc1cc(C=O)cc(OCCCCOC(=O)CCCCCCCC=CC/C=C\CCCCC)c1. The van der Waals surface area contributed by atoms with Crippen LogP contribution in [-0.4, -0.2) is 44.7 Å². The largest absolute Gasteiger partial charge is 0.493 e. The van der Waals surface area contributed by atoms with E-state index >= 15 is 0 Å². The number of allylic oxidation sites excluding steroid dienone is 6. The van der Waals surface area contributed by atoms with Gasteiger partial charge < -0.3 is 18.9 Å². The Kier molecular flexibility index (Phi) is 32.3. The Balaban J connectivity index is 2.04. The summed E-state index contributed by atoms with van der Waals surface area (Å²) in [5, 5.41) is 0. The zero-order chi connectivity index (χ0) is 37.6. The van der Waals surface area contributed by atoms with Gasteiger partial charge in [-0.05, 0) is 102 Å². The van der Waals surface area contributed by atoms with Crippen molar-refractivity contribution in [3.05, 3.63) is 60.2 Å². The lowest BCUT2D eigenvalue weighted by molar-refractivity contribution is -0.144. The smallest absolute Gasteiger partial charge is 0.305 e. The molecule has 0 bridgehead atoms. The highest BCUT2D eigenvalue weighted by atomic mass is 16.5. The third-order valence-corrected chi connectivity index (χ3v) is 8.63. The van der Waals surface area contributed by atoms with E-state index < -0.39 is 0 Å². The monoisotopic (exact) mass is 725 g/mol. The van der Waals surface area contributed by atoms with Gasteiger partial charge in [0.2, 0.25) is 0 Å². The van der Waals surface area contributed by atoms with Crippen molar-refractivity contribution in [1.82, 2.24) is 0 Å². The van der Waals surface area contributed by atoms with E-state index in [1.165, 1.54) is 51.4 Å². The van der Waals surface area contributed by atoms with Crippen LogP contribution in [0.3, 0.4) is 0 Å². The molecule has 7 nitrogen and oxygen atoms in total. The molecule has 0 aliphatic heterocycles. The van der Waals surface area contributed by atoms with Crippen LogP contribution in [0, 0.1) is 0 Å². The molecule has 294 valence electrons. The second kappa shape index (κ2) is 36.0. The Bertz CT molecular complexity index is 1110. The van der Waals surface area contributed by atoms with Crippen molar-refractivity contribution in [3.8, 4) is 11.5 Å². The summed E-state index contributed by atoms with van der Waals surface area (Å²) in [6, 6.07) is 5.16. The zero-order valence-electron chi connectivity index (χ0n) is 32.9. The van der Waals surface area contributed by atoms with Crippen LogP contribution in [0.25, 0.3) is 0 Å². The number of carbonyl (C=O) groups is 3. The minimum absolute atomic E-state index is 0.127. The standard InChI is InChI=1S/C45H72O7/c1-3-5-7-9-11-13-14-15-16-17-18-20-22-24-26-32-45(48)52-36-30-28-34-50-43-38-41(40-46)37-42(39-43)49-33-27-29-35-51-44(47)31-25-23-21-19-12-10-8-6-4-2/h8,10-11,13,15-16,37-40H,3-7,9,12,14,17-36H2,1-2H3/b10-8-,13-11-,16-15?. The lowest BCUT2D eigenvalue weighted by Gasteiger charge is -2.11. The molecular weight excluding hydrogens is 652 g/mol. The molecule has 0 fully saturated rings. The highest BCUT2D eigenvalue weighted by molar-refractivity contribution is 5.76. The number of hydrogen-bond acceptors (Lipinski definition) is 7. The first-order valence-electron chi connectivity index (χ1n) is 20.7. The maximum absolute atomic E-state index is 12.1. The fraction of sp³-hybridized carbons (Fsp3) is 0.667. The minimum atomic E-state index is -0.130. The van der Waals surface area contributed by atoms with Gasteiger partial charge in [-0.15, -0.1) is 0 Å². The average Bonchev–Trinajstić information content (AvgIpc) is 3.15. The molecule has 0 unspecified atom stereocenters. The van der Waals surface area contributed by atoms with Crippen molar-refractivity contribution >= 4 is 18.2 Å². The number of hydrogen-bond donors (Lipinski definition) is 0. The van der Waals surface area contributed by atoms with Gasteiger partial charge >= 0.3 is 11.9 Å². The third kappa shape index (κ3) is 30.3. The molecule has 0 radical (unpaired) electrons. The van der Waals surface area contributed by atoms with Crippen molar-refractivity contribution < 1.29 is 33.3 Å². The van der Waals surface area contributed by atoms with Gasteiger partial charge in [0.1, 0.15) is 17.8 Å². The molecule has 0 heterocycles. The highest BCUT2D eigenvalue weighted by Gasteiger charge is 2.06. The van der Waals surface area contributed by atoms with Crippen LogP contribution < -0.4 is 9.47 Å². The third-order valence-electron chi connectivity index (χ3n) is 8.63. The van der Waals surface area contributed by atoms with Gasteiger partial charge in [-0.2, -0.15) is 0 Å². The van der Waals surface area contributed by atoms with Crippen molar-refractivity contribution in [2.75, 3.05) is 26.4 Å². The van der Waals surface area contributed by atoms with Gasteiger partial charge in [0.05, 0.1) is 26.4 Å². The van der Waals surface area contributed by atoms with E-state index in [2.05, 4.69) is 50.3 Å². The Morgan fingerprint density at radius 1 is 0.481 bits per heavy atom. The van der Waals surface area contributed by atoms with Gasteiger partial charge in [0.15, 0.2) is 0 Å². The Morgan fingerprint density at radius 3 is 1.42 bits per heavy atom. The number of benzene rings is 1. The molecule has 0 aliphatic rings. The summed E-state index contributed by atoms with van der Waals surface area (Å²) in [5.74, 6) is 0.881. The number of esters is 2. The van der Waals surface area contributed by atoms with E-state index in [1.807, 2.05) is 0 Å². The summed E-state index contributed by atoms with van der Waals surface area (Å²) < 4.78 is 22.5. The molecule has 1 aromatic carbocycles. The minimum Gasteiger partial charge on any atom is -0.493 e. The first-order valence-corrected chi connectivity index (χ1v) is 20.7. The highest BCUT2D eigenvalue weighted by Crippen LogP contribution is 2.23. The molecule has 0 N–H and O–H groups in total. The summed E-state index contributed by atoms with van der Waals surface area (Å²) in [4.78, 5) is 35.5. The van der Waals surface area contributed by atoms with E-state index in [-0.39, 0.29) is 11.9 Å². The molecule has 7 heteroatoms. The molecule has 0 amide bonds. The predicted octanol–water partition coefficient (Wildman–Crippen LogP) is 12.4. The lowest BCUT2D eigenvalue weighted by Crippen LogP contribution is -2.07. The Labute approximate surface area is 317 Å². The Morgan fingerprint density at radius 2 is 0.923 bits per heavy atom. The maximum atomic E-state index is 12.1. The fourth-order valence-electron chi connectivity index (χ4n) is 5.50. The number of unbranched alkanes of at least 4 members (excludes halogenated alkanes) is 15. The summed E-state index contributed by atoms with van der Waals surface area (Å²) in [5.41, 5.74) is 0.483. The van der Waals surface area contributed by atoms with Gasteiger partial charge in [0, 0.05) is 24.5 Å². The number of ether oxygens (including phenoxy) is 4. The van der Waals surface area contributed by atoms with Crippen LogP contribution in [0.15, 0.2) is 54.7 Å². The van der Waals surface area contributed by atoms with Crippen LogP contribution in [0.5, 0.6) is 11.5 Å². The molecule has 0 atom stereocenters. The first kappa shape index (κ1) is 46.7. The van der Waals surface area contributed by atoms with Gasteiger partial charge in [0.25, 0.3) is 0 Å². The first-order chi connectivity index (χ1) is 25.6. The molecule has 0 aromatic heterocycles.